The number of hydrogen-bond donors (Lipinski definition) is 0. The third-order valence-corrected chi connectivity index (χ3v) is 5.62. The maximum atomic E-state index is 12.9. The molecule has 0 N–H and O–H groups in total. The Morgan fingerprint density at radius 1 is 0.970 bits per heavy atom. The van der Waals surface area contributed by atoms with Gasteiger partial charge in [0.05, 0.1) is 0 Å². The van der Waals surface area contributed by atoms with Crippen LogP contribution in [0.2, 0.25) is 0 Å². The van der Waals surface area contributed by atoms with Gasteiger partial charge in [0.2, 0.25) is 0 Å². The van der Waals surface area contributed by atoms with Gasteiger partial charge in [-0.1, -0.05) is 66.7 Å². The topological polar surface area (TPSA) is 87.0 Å². The minimum absolute atomic E-state index is 0.124. The molecule has 0 saturated heterocycles. The number of rotatable bonds is 6. The molecule has 5 rings (SSSR count). The number of nitrogens with zero attached hydrogens (tertiary/aromatic N) is 4. The highest BCUT2D eigenvalue weighted by Gasteiger charge is 2.22. The van der Waals surface area contributed by atoms with Crippen LogP contribution in [0.1, 0.15) is 32.9 Å². The van der Waals surface area contributed by atoms with Crippen molar-refractivity contribution < 1.29 is 14.3 Å². The number of ether oxygens (including phenoxy) is 1. The van der Waals surface area contributed by atoms with E-state index in [1.165, 1.54) is 15.8 Å². The largest absolute Gasteiger partial charge is 0.453 e. The molecule has 4 aromatic rings. The molecule has 1 aliphatic rings. The van der Waals surface area contributed by atoms with Gasteiger partial charge >= 0.3 is 5.97 Å². The van der Waals surface area contributed by atoms with Crippen LogP contribution in [-0.2, 0) is 16.0 Å². The highest BCUT2D eigenvalue weighted by atomic mass is 16.5. The standard InChI is InChI=1S/C26H20N4O3/c1-17-27-28-29-30(17)24(13-18-7-3-2-4-8-18)26(32)33-16-25(31)21-12-11-20-14-19-9-5-6-10-22(19)23(20)15-21/h2-13,15H,14,16H2,1H3/b24-13-. The number of fused-ring (bicyclic) bond motifs is 3. The van der Waals surface area contributed by atoms with E-state index >= 15 is 0 Å². The summed E-state index contributed by atoms with van der Waals surface area (Å²) in [5, 5.41) is 11.3. The van der Waals surface area contributed by atoms with E-state index in [0.29, 0.717) is 11.4 Å². The van der Waals surface area contributed by atoms with Crippen LogP contribution < -0.4 is 0 Å². The highest BCUT2D eigenvalue weighted by molar-refractivity contribution is 6.16. The summed E-state index contributed by atoms with van der Waals surface area (Å²) in [5.74, 6) is -0.533. The van der Waals surface area contributed by atoms with Crippen molar-refractivity contribution in [3.63, 3.8) is 0 Å². The number of carbonyl (C=O) groups is 2. The summed E-state index contributed by atoms with van der Waals surface area (Å²) in [7, 11) is 0. The molecule has 162 valence electrons. The van der Waals surface area contributed by atoms with Crippen LogP contribution in [0.3, 0.4) is 0 Å². The van der Waals surface area contributed by atoms with E-state index in [1.54, 1.807) is 19.1 Å². The summed E-state index contributed by atoms with van der Waals surface area (Å²) in [6.45, 7) is 1.30. The summed E-state index contributed by atoms with van der Waals surface area (Å²) >= 11 is 0. The number of Topliss-reactive ketones (excluding diaryl/α,β-unsaturated/α-hetero) is 1. The fourth-order valence-corrected chi connectivity index (χ4v) is 3.95. The molecule has 0 aliphatic heterocycles. The molecule has 0 amide bonds. The van der Waals surface area contributed by atoms with Crippen molar-refractivity contribution in [1.82, 2.24) is 20.2 Å². The Hall–Kier alpha value is -4.39. The van der Waals surface area contributed by atoms with E-state index in [9.17, 15) is 9.59 Å². The van der Waals surface area contributed by atoms with E-state index in [1.807, 2.05) is 54.6 Å². The zero-order valence-corrected chi connectivity index (χ0v) is 17.9. The fourth-order valence-electron chi connectivity index (χ4n) is 3.95. The maximum Gasteiger partial charge on any atom is 0.357 e. The number of tetrazole rings is 1. The number of carbonyl (C=O) groups excluding carboxylic acids is 2. The summed E-state index contributed by atoms with van der Waals surface area (Å²) in [6, 6.07) is 23.1. The van der Waals surface area contributed by atoms with Crippen LogP contribution >= 0.6 is 0 Å². The number of benzene rings is 3. The van der Waals surface area contributed by atoms with Crippen molar-refractivity contribution in [2.45, 2.75) is 13.3 Å². The first-order valence-corrected chi connectivity index (χ1v) is 10.5. The van der Waals surface area contributed by atoms with Gasteiger partial charge in [0.1, 0.15) is 0 Å². The average molecular weight is 436 g/mol. The Labute approximate surface area is 190 Å². The van der Waals surface area contributed by atoms with E-state index in [-0.39, 0.29) is 18.1 Å². The second kappa shape index (κ2) is 8.63. The molecule has 0 saturated carbocycles. The van der Waals surface area contributed by atoms with Crippen molar-refractivity contribution in [3.05, 3.63) is 101 Å². The quantitative estimate of drug-likeness (QED) is 0.227. The Kier molecular flexibility index (Phi) is 5.36. The lowest BCUT2D eigenvalue weighted by atomic mass is 10.0. The van der Waals surface area contributed by atoms with Gasteiger partial charge in [0.25, 0.3) is 0 Å². The van der Waals surface area contributed by atoms with Gasteiger partial charge in [-0.3, -0.25) is 4.79 Å². The van der Waals surface area contributed by atoms with Gasteiger partial charge in [-0.05, 0) is 63.7 Å². The van der Waals surface area contributed by atoms with Crippen molar-refractivity contribution in [1.29, 1.82) is 0 Å². The summed E-state index contributed by atoms with van der Waals surface area (Å²) in [6.07, 6.45) is 2.48. The van der Waals surface area contributed by atoms with E-state index < -0.39 is 5.97 Å². The molecule has 0 radical (unpaired) electrons. The van der Waals surface area contributed by atoms with Crippen molar-refractivity contribution in [2.24, 2.45) is 0 Å². The minimum Gasteiger partial charge on any atom is -0.453 e. The molecule has 7 heteroatoms. The lowest BCUT2D eigenvalue weighted by Gasteiger charge is -2.09. The number of hydrogen-bond acceptors (Lipinski definition) is 6. The predicted octanol–water partition coefficient (Wildman–Crippen LogP) is 3.98. The molecule has 0 fully saturated rings. The van der Waals surface area contributed by atoms with Crippen LogP contribution in [0.15, 0.2) is 72.8 Å². The summed E-state index contributed by atoms with van der Waals surface area (Å²) in [5.41, 5.74) is 6.04. The zero-order valence-electron chi connectivity index (χ0n) is 17.9. The average Bonchev–Trinajstić information content (AvgIpc) is 3.44. The second-order valence-electron chi connectivity index (χ2n) is 7.78. The fraction of sp³-hybridized carbons (Fsp3) is 0.115. The lowest BCUT2D eigenvalue weighted by Crippen LogP contribution is -2.19. The molecule has 1 heterocycles. The second-order valence-corrected chi connectivity index (χ2v) is 7.78. The van der Waals surface area contributed by atoms with E-state index in [2.05, 4.69) is 27.7 Å². The van der Waals surface area contributed by atoms with Gasteiger partial charge in [-0.15, -0.1) is 5.10 Å². The van der Waals surface area contributed by atoms with E-state index in [0.717, 1.165) is 23.1 Å². The van der Waals surface area contributed by atoms with Crippen LogP contribution in [0.25, 0.3) is 22.9 Å². The first-order valence-electron chi connectivity index (χ1n) is 10.5. The monoisotopic (exact) mass is 436 g/mol. The minimum atomic E-state index is -0.686. The highest BCUT2D eigenvalue weighted by Crippen LogP contribution is 2.36. The van der Waals surface area contributed by atoms with Crippen LogP contribution in [-0.4, -0.2) is 38.6 Å². The van der Waals surface area contributed by atoms with Gasteiger partial charge < -0.3 is 4.74 Å². The predicted molar refractivity (Wildman–Crippen MR) is 123 cm³/mol. The van der Waals surface area contributed by atoms with Gasteiger partial charge in [0, 0.05) is 5.56 Å². The molecule has 1 aliphatic carbocycles. The van der Waals surface area contributed by atoms with Crippen LogP contribution in [0.4, 0.5) is 0 Å². The SMILES string of the molecule is Cc1nnnn1/C(=C\c1ccccc1)C(=O)OCC(=O)c1ccc2c(c1)-c1ccccc1C2. The molecule has 7 nitrogen and oxygen atoms in total. The normalized spacial score (nSPS) is 12.2. The zero-order chi connectivity index (χ0) is 22.8. The number of ketones is 1. The van der Waals surface area contributed by atoms with Crippen molar-refractivity contribution in [2.75, 3.05) is 6.61 Å². The maximum absolute atomic E-state index is 12.9. The van der Waals surface area contributed by atoms with Crippen LogP contribution in [0.5, 0.6) is 0 Å². The molecular formula is C26H20N4O3. The third-order valence-electron chi connectivity index (χ3n) is 5.62. The van der Waals surface area contributed by atoms with Gasteiger partial charge in [-0.2, -0.15) is 4.68 Å². The molecule has 0 atom stereocenters. The molecule has 33 heavy (non-hydrogen) atoms. The van der Waals surface area contributed by atoms with Gasteiger partial charge in [0.15, 0.2) is 23.9 Å². The lowest BCUT2D eigenvalue weighted by molar-refractivity contribution is -0.136. The number of aryl methyl sites for hydroxylation is 1. The van der Waals surface area contributed by atoms with Crippen molar-refractivity contribution in [3.8, 4) is 11.1 Å². The molecule has 0 unspecified atom stereocenters. The van der Waals surface area contributed by atoms with Gasteiger partial charge in [-0.25, -0.2) is 4.79 Å². The molecular weight excluding hydrogens is 416 g/mol. The Balaban J connectivity index is 1.35. The summed E-state index contributed by atoms with van der Waals surface area (Å²) < 4.78 is 6.68. The third kappa shape index (κ3) is 4.08. The molecule has 0 spiro atoms. The van der Waals surface area contributed by atoms with Crippen LogP contribution in [0, 0.1) is 6.92 Å². The Morgan fingerprint density at radius 2 is 1.73 bits per heavy atom. The first kappa shape index (κ1) is 20.5. The summed E-state index contributed by atoms with van der Waals surface area (Å²) in [4.78, 5) is 25.8. The number of esters is 1. The Morgan fingerprint density at radius 3 is 2.52 bits per heavy atom. The molecule has 3 aromatic carbocycles. The van der Waals surface area contributed by atoms with E-state index in [4.69, 9.17) is 4.74 Å². The van der Waals surface area contributed by atoms with Crippen molar-refractivity contribution >= 4 is 23.5 Å². The molecule has 1 aromatic heterocycles. The number of aromatic nitrogens is 4. The molecule has 0 bridgehead atoms. The smallest absolute Gasteiger partial charge is 0.357 e. The Bertz CT molecular complexity index is 1390. The first-order chi connectivity index (χ1) is 16.1.